The summed E-state index contributed by atoms with van der Waals surface area (Å²) < 4.78 is 11.2. The molecule has 0 unspecified atom stereocenters. The van der Waals surface area contributed by atoms with E-state index in [0.717, 1.165) is 16.2 Å². The minimum absolute atomic E-state index is 0.362. The molecule has 0 aliphatic carbocycles. The molecule has 0 amide bonds. The average Bonchev–Trinajstić information content (AvgIpc) is 3.03. The Bertz CT molecular complexity index is 553. The molecule has 0 N–H and O–H groups in total. The van der Waals surface area contributed by atoms with E-state index in [1.807, 2.05) is 18.4 Å². The summed E-state index contributed by atoms with van der Waals surface area (Å²) in [4.78, 5) is 12.1. The smallest absolute Gasteiger partial charge is 0.330 e. The van der Waals surface area contributed by atoms with Crippen LogP contribution in [0.4, 0.5) is 0 Å². The van der Waals surface area contributed by atoms with Crippen molar-refractivity contribution in [2.45, 2.75) is 4.21 Å². The van der Waals surface area contributed by atoms with Crippen molar-refractivity contribution < 1.29 is 13.9 Å². The highest BCUT2D eigenvalue weighted by atomic mass is 32.2. The zero-order valence-electron chi connectivity index (χ0n) is 10.0. The number of rotatable bonds is 4. The predicted octanol–water partition coefficient (Wildman–Crippen LogP) is 3.92. The van der Waals surface area contributed by atoms with Gasteiger partial charge in [0.2, 0.25) is 0 Å². The Morgan fingerprint density at radius 2 is 2.39 bits per heavy atom. The maximum absolute atomic E-state index is 11.1. The molecule has 0 aliphatic rings. The molecule has 0 aliphatic heterocycles. The number of methoxy groups -OCH3 is 1. The van der Waals surface area contributed by atoms with Crippen LogP contribution in [0.15, 0.2) is 39.2 Å². The standard InChI is InChI=1S/C13H12O3S2/c1-15-12(14)6-5-11-9(8-13(17-2)18-11)10-4-3-7-16-10/h3-8H,1-2H3/b6-5+. The molecule has 0 fully saturated rings. The molecule has 2 aromatic heterocycles. The predicted molar refractivity (Wildman–Crippen MR) is 74.9 cm³/mol. The molecule has 0 bridgehead atoms. The van der Waals surface area contributed by atoms with Crippen molar-refractivity contribution in [3.63, 3.8) is 0 Å². The first-order valence-corrected chi connectivity index (χ1v) is 7.26. The van der Waals surface area contributed by atoms with Gasteiger partial charge in [-0.15, -0.1) is 23.1 Å². The van der Waals surface area contributed by atoms with Crippen molar-refractivity contribution in [3.05, 3.63) is 35.4 Å². The first-order valence-electron chi connectivity index (χ1n) is 5.22. The van der Waals surface area contributed by atoms with E-state index in [1.54, 1.807) is 35.4 Å². The molecule has 0 saturated heterocycles. The van der Waals surface area contributed by atoms with Gasteiger partial charge in [-0.25, -0.2) is 4.79 Å². The van der Waals surface area contributed by atoms with Crippen LogP contribution in [0.25, 0.3) is 17.4 Å². The number of furan rings is 1. The van der Waals surface area contributed by atoms with Crippen LogP contribution in [-0.2, 0) is 9.53 Å². The lowest BCUT2D eigenvalue weighted by Crippen LogP contribution is -1.92. The van der Waals surface area contributed by atoms with Crippen LogP contribution < -0.4 is 0 Å². The lowest BCUT2D eigenvalue weighted by Gasteiger charge is -1.94. The third-order valence-corrected chi connectivity index (χ3v) is 4.46. The first kappa shape index (κ1) is 13.0. The van der Waals surface area contributed by atoms with Gasteiger partial charge in [0.15, 0.2) is 0 Å². The van der Waals surface area contributed by atoms with Crippen LogP contribution in [0.2, 0.25) is 0 Å². The van der Waals surface area contributed by atoms with Crippen molar-refractivity contribution in [2.75, 3.05) is 13.4 Å². The molecule has 2 heterocycles. The molecule has 2 aromatic rings. The van der Waals surface area contributed by atoms with Gasteiger partial charge in [-0.05, 0) is 30.5 Å². The molecule has 0 atom stereocenters. The summed E-state index contributed by atoms with van der Waals surface area (Å²) in [6.07, 6.45) is 6.83. The van der Waals surface area contributed by atoms with E-state index in [4.69, 9.17) is 4.42 Å². The molecular formula is C13H12O3S2. The van der Waals surface area contributed by atoms with Gasteiger partial charge >= 0.3 is 5.97 Å². The lowest BCUT2D eigenvalue weighted by molar-refractivity contribution is -0.134. The minimum Gasteiger partial charge on any atom is -0.466 e. The number of carbonyl (C=O) groups excluding carboxylic acids is 1. The number of thiophene rings is 1. The Morgan fingerprint density at radius 1 is 1.56 bits per heavy atom. The molecule has 5 heteroatoms. The van der Waals surface area contributed by atoms with Gasteiger partial charge in [-0.2, -0.15) is 0 Å². The second-order valence-electron chi connectivity index (χ2n) is 3.38. The second kappa shape index (κ2) is 5.93. The zero-order chi connectivity index (χ0) is 13.0. The molecular weight excluding hydrogens is 268 g/mol. The van der Waals surface area contributed by atoms with E-state index in [1.165, 1.54) is 17.4 Å². The third-order valence-electron chi connectivity index (χ3n) is 2.30. The first-order chi connectivity index (χ1) is 8.74. The summed E-state index contributed by atoms with van der Waals surface area (Å²) in [7, 11) is 1.36. The van der Waals surface area contributed by atoms with Crippen LogP contribution in [0.3, 0.4) is 0 Å². The van der Waals surface area contributed by atoms with Gasteiger partial charge in [-0.1, -0.05) is 0 Å². The monoisotopic (exact) mass is 280 g/mol. The number of hydrogen-bond acceptors (Lipinski definition) is 5. The summed E-state index contributed by atoms with van der Waals surface area (Å²) in [6.45, 7) is 0. The molecule has 0 saturated carbocycles. The van der Waals surface area contributed by atoms with Crippen molar-refractivity contribution >= 4 is 35.1 Å². The second-order valence-corrected chi connectivity index (χ2v) is 5.57. The number of hydrogen-bond donors (Lipinski definition) is 0. The van der Waals surface area contributed by atoms with Crippen molar-refractivity contribution in [2.24, 2.45) is 0 Å². The van der Waals surface area contributed by atoms with E-state index in [2.05, 4.69) is 10.8 Å². The Labute approximate surface area is 113 Å². The summed E-state index contributed by atoms with van der Waals surface area (Å²) in [6, 6.07) is 5.81. The maximum Gasteiger partial charge on any atom is 0.330 e. The van der Waals surface area contributed by atoms with Gasteiger partial charge in [0, 0.05) is 16.5 Å². The van der Waals surface area contributed by atoms with E-state index >= 15 is 0 Å². The van der Waals surface area contributed by atoms with Gasteiger partial charge in [0.25, 0.3) is 0 Å². The topological polar surface area (TPSA) is 39.4 Å². The number of esters is 1. The molecule has 0 spiro atoms. The molecule has 94 valence electrons. The van der Waals surface area contributed by atoms with E-state index in [9.17, 15) is 4.79 Å². The van der Waals surface area contributed by atoms with Crippen LogP contribution in [0, 0.1) is 0 Å². The number of carbonyl (C=O) groups is 1. The molecule has 2 rings (SSSR count). The Balaban J connectivity index is 2.37. The Kier molecular flexibility index (Phi) is 4.28. The average molecular weight is 280 g/mol. The van der Waals surface area contributed by atoms with Crippen molar-refractivity contribution in [1.82, 2.24) is 0 Å². The summed E-state index contributed by atoms with van der Waals surface area (Å²) in [5.74, 6) is 0.440. The summed E-state index contributed by atoms with van der Waals surface area (Å²) in [5, 5.41) is 0. The van der Waals surface area contributed by atoms with E-state index < -0.39 is 0 Å². The SMILES string of the molecule is COC(=O)/C=C/c1sc(SC)cc1-c1ccco1. The van der Waals surface area contributed by atoms with Crippen molar-refractivity contribution in [1.29, 1.82) is 0 Å². The zero-order valence-corrected chi connectivity index (χ0v) is 11.6. The van der Waals surface area contributed by atoms with E-state index in [-0.39, 0.29) is 5.97 Å². The quantitative estimate of drug-likeness (QED) is 0.483. The lowest BCUT2D eigenvalue weighted by atomic mass is 10.2. The van der Waals surface area contributed by atoms with Crippen LogP contribution >= 0.6 is 23.1 Å². The Hall–Kier alpha value is -1.46. The fraction of sp³-hybridized carbons (Fsp3) is 0.154. The maximum atomic E-state index is 11.1. The van der Waals surface area contributed by atoms with Crippen LogP contribution in [-0.4, -0.2) is 19.3 Å². The van der Waals surface area contributed by atoms with Gasteiger partial charge in [0.05, 0.1) is 17.6 Å². The fourth-order valence-corrected chi connectivity index (χ4v) is 3.08. The summed E-state index contributed by atoms with van der Waals surface area (Å²) in [5.41, 5.74) is 0.995. The largest absolute Gasteiger partial charge is 0.466 e. The number of thioether (sulfide) groups is 1. The minimum atomic E-state index is -0.362. The number of ether oxygens (including phenoxy) is 1. The van der Waals surface area contributed by atoms with Gasteiger partial charge in [-0.3, -0.25) is 0 Å². The van der Waals surface area contributed by atoms with Crippen LogP contribution in [0.1, 0.15) is 4.88 Å². The Morgan fingerprint density at radius 3 is 3.00 bits per heavy atom. The normalized spacial score (nSPS) is 11.0. The highest BCUT2D eigenvalue weighted by Crippen LogP contribution is 2.37. The molecule has 18 heavy (non-hydrogen) atoms. The van der Waals surface area contributed by atoms with Gasteiger partial charge < -0.3 is 9.15 Å². The van der Waals surface area contributed by atoms with Crippen molar-refractivity contribution in [3.8, 4) is 11.3 Å². The van der Waals surface area contributed by atoms with Gasteiger partial charge in [0.1, 0.15) is 5.76 Å². The molecule has 0 radical (unpaired) electrons. The fourth-order valence-electron chi connectivity index (χ4n) is 1.44. The summed E-state index contributed by atoms with van der Waals surface area (Å²) >= 11 is 3.29. The van der Waals surface area contributed by atoms with E-state index in [0.29, 0.717) is 0 Å². The third kappa shape index (κ3) is 2.86. The van der Waals surface area contributed by atoms with Crippen LogP contribution in [0.5, 0.6) is 0 Å². The highest BCUT2D eigenvalue weighted by Gasteiger charge is 2.11. The molecule has 0 aromatic carbocycles. The molecule has 3 nitrogen and oxygen atoms in total. The highest BCUT2D eigenvalue weighted by molar-refractivity contribution is 8.00.